The van der Waals surface area contributed by atoms with E-state index in [4.69, 9.17) is 12.9 Å². The van der Waals surface area contributed by atoms with E-state index >= 15 is 0 Å². The number of hydrogen-bond acceptors (Lipinski definition) is 5. The normalized spacial score (nSPS) is 16.8. The number of fused-ring (bicyclic) bond motifs is 1. The van der Waals surface area contributed by atoms with Crippen LogP contribution in [0.1, 0.15) is 16.8 Å². The number of rotatable bonds is 5. The molecule has 5 rings (SSSR count). The van der Waals surface area contributed by atoms with Crippen LogP contribution in [0.15, 0.2) is 51.7 Å². The fourth-order valence-electron chi connectivity index (χ4n) is 4.11. The zero-order valence-electron chi connectivity index (χ0n) is 20.7. The van der Waals surface area contributed by atoms with E-state index in [0.717, 1.165) is 42.0 Å². The molecule has 2 aromatic carbocycles. The van der Waals surface area contributed by atoms with Crippen molar-refractivity contribution in [2.24, 2.45) is 3.21 Å². The van der Waals surface area contributed by atoms with Gasteiger partial charge in [0.05, 0.1) is 5.56 Å². The summed E-state index contributed by atoms with van der Waals surface area (Å²) in [7, 11) is 0. The molecule has 3 heterocycles. The molecular weight excluding hydrogens is 744 g/mol. The van der Waals surface area contributed by atoms with Gasteiger partial charge in [0.1, 0.15) is 0 Å². The summed E-state index contributed by atoms with van der Waals surface area (Å²) in [6, 6.07) is 10.2. The first-order valence-electron chi connectivity index (χ1n) is 11.8. The predicted octanol–water partition coefficient (Wildman–Crippen LogP) is 3.04. The van der Waals surface area contributed by atoms with Gasteiger partial charge in [0, 0.05) is 0 Å². The van der Waals surface area contributed by atoms with E-state index in [1.807, 2.05) is 18.3 Å². The molecule has 1 aromatic heterocycles. The molecule has 2 N–H and O–H groups in total. The first-order valence-corrected chi connectivity index (χ1v) is 22.3. The molecule has 208 valence electrons. The van der Waals surface area contributed by atoms with Crippen molar-refractivity contribution in [3.63, 3.8) is 0 Å². The predicted molar refractivity (Wildman–Crippen MR) is 146 cm³/mol. The molecular formula is C26H24F4I2N5O2-. The third-order valence-electron chi connectivity index (χ3n) is 6.03. The van der Waals surface area contributed by atoms with Gasteiger partial charge in [-0.2, -0.15) is 13.2 Å². The number of nitrogens with one attached hydrogen (secondary N) is 2. The van der Waals surface area contributed by atoms with Crippen molar-refractivity contribution in [3.05, 3.63) is 74.9 Å². The third kappa shape index (κ3) is 7.05. The van der Waals surface area contributed by atoms with Gasteiger partial charge in [0.15, 0.2) is 0 Å². The molecule has 39 heavy (non-hydrogen) atoms. The number of hydrogen-bond donors (Lipinski definition) is 2. The Kier molecular flexibility index (Phi) is 8.68. The summed E-state index contributed by atoms with van der Waals surface area (Å²) in [6.07, 6.45) is -2.70. The Morgan fingerprint density at radius 1 is 1.10 bits per heavy atom. The summed E-state index contributed by atoms with van der Waals surface area (Å²) in [6.45, 7) is 3.90. The minimum absolute atomic E-state index is 0.236. The number of halogens is 6. The Morgan fingerprint density at radius 3 is 2.56 bits per heavy atom. The SMILES string of the molecule is CI1N=Cc2c(-c3ccc(NC(=O)Nc4cc(C(F)(F)F)ccc4F)cc3)cc(CN3CCOCC3)nc2[I-]1. The number of amides is 2. The van der Waals surface area contributed by atoms with Gasteiger partial charge < -0.3 is 0 Å². The van der Waals surface area contributed by atoms with Crippen LogP contribution < -0.4 is 27.9 Å². The summed E-state index contributed by atoms with van der Waals surface area (Å²) < 4.78 is 64.3. The van der Waals surface area contributed by atoms with Crippen LogP contribution in [-0.2, 0) is 17.5 Å². The van der Waals surface area contributed by atoms with Crippen molar-refractivity contribution in [3.8, 4) is 11.1 Å². The molecule has 0 radical (unpaired) electrons. The average Bonchev–Trinajstić information content (AvgIpc) is 2.89. The van der Waals surface area contributed by atoms with Crippen LogP contribution in [0.3, 0.4) is 0 Å². The number of urea groups is 1. The Morgan fingerprint density at radius 2 is 1.85 bits per heavy atom. The molecule has 0 aliphatic carbocycles. The number of alkyl halides is 4. The van der Waals surface area contributed by atoms with Crippen LogP contribution in [0.4, 0.5) is 33.7 Å². The first kappa shape index (κ1) is 28.2. The van der Waals surface area contributed by atoms with Gasteiger partial charge in [-0.25, -0.2) is 4.39 Å². The van der Waals surface area contributed by atoms with Gasteiger partial charge in [-0.1, -0.05) is 0 Å². The van der Waals surface area contributed by atoms with Crippen molar-refractivity contribution in [1.29, 1.82) is 0 Å². The van der Waals surface area contributed by atoms with Gasteiger partial charge >= 0.3 is 202 Å². The molecule has 0 saturated carbocycles. The maximum absolute atomic E-state index is 14.0. The van der Waals surface area contributed by atoms with Crippen LogP contribution in [0.2, 0.25) is 0 Å². The van der Waals surface area contributed by atoms with Crippen LogP contribution in [-0.4, -0.2) is 53.4 Å². The number of carbonyl (C=O) groups is 1. The Bertz CT molecular complexity index is 1400. The second kappa shape index (κ2) is 12.0. The molecule has 3 aromatic rings. The minimum atomic E-state index is -4.65. The van der Waals surface area contributed by atoms with Crippen molar-refractivity contribution in [1.82, 2.24) is 9.88 Å². The monoisotopic (exact) mass is 768 g/mol. The number of anilines is 2. The molecule has 1 saturated heterocycles. The molecule has 0 bridgehead atoms. The standard InChI is InChI=1S/C26H24F4I2N5O2/c1-32-31-24-21(14-33-32)20(13-19(34-24)15-37-8-10-39-11-9-37)16-2-5-18(6-3-16)35-25(38)36-23-12-17(26(28,29)30)4-7-22(23)27/h2-7,12-14H,8-11,15H2,1H3,(H2,35,36,38)/q-1. The molecule has 13 heteroatoms. The van der Waals surface area contributed by atoms with E-state index < -0.39 is 45.4 Å². The van der Waals surface area contributed by atoms with Gasteiger partial charge in [0.2, 0.25) is 0 Å². The molecule has 0 spiro atoms. The molecule has 0 unspecified atom stereocenters. The zero-order chi connectivity index (χ0) is 27.6. The molecule has 0 atom stereocenters. The summed E-state index contributed by atoms with van der Waals surface area (Å²) in [5, 5.41) is 4.70. The van der Waals surface area contributed by atoms with Crippen molar-refractivity contribution < 1.29 is 44.3 Å². The Balaban J connectivity index is 1.34. The van der Waals surface area contributed by atoms with Crippen LogP contribution in [0.25, 0.3) is 11.1 Å². The first-order chi connectivity index (χ1) is 18.7. The molecule has 1 fully saturated rings. The van der Waals surface area contributed by atoms with Crippen molar-refractivity contribution >= 4 is 39.7 Å². The van der Waals surface area contributed by atoms with Gasteiger partial charge in [-0.05, 0) is 12.1 Å². The van der Waals surface area contributed by atoms with E-state index in [-0.39, 0.29) is 17.2 Å². The van der Waals surface area contributed by atoms with Crippen molar-refractivity contribution in [2.45, 2.75) is 12.7 Å². The van der Waals surface area contributed by atoms with Gasteiger partial charge in [0.25, 0.3) is 0 Å². The Labute approximate surface area is 236 Å². The second-order valence-electron chi connectivity index (χ2n) is 8.78. The number of aromatic nitrogens is 1. The average molecular weight is 768 g/mol. The van der Waals surface area contributed by atoms with Crippen molar-refractivity contribution in [2.75, 3.05) is 41.9 Å². The van der Waals surface area contributed by atoms with Gasteiger partial charge in [-0.15, -0.1) is 0 Å². The summed E-state index contributed by atoms with van der Waals surface area (Å²) in [4.78, 5) is 22.0. The molecule has 2 amide bonds. The second-order valence-corrected chi connectivity index (χ2v) is 23.6. The quantitative estimate of drug-likeness (QED) is 0.181. The summed E-state index contributed by atoms with van der Waals surface area (Å²) in [5.74, 6) is -0.967. The fraction of sp³-hybridized carbons (Fsp3) is 0.269. The topological polar surface area (TPSA) is 78.9 Å². The zero-order valence-corrected chi connectivity index (χ0v) is 25.0. The fourth-order valence-corrected chi connectivity index (χ4v) is 13.7. The van der Waals surface area contributed by atoms with E-state index in [9.17, 15) is 22.4 Å². The summed E-state index contributed by atoms with van der Waals surface area (Å²) >= 11 is -1.56. The molecule has 2 aliphatic heterocycles. The number of ether oxygens (including phenoxy) is 1. The maximum atomic E-state index is 14.0. The third-order valence-corrected chi connectivity index (χ3v) is 16.8. The number of morpholine rings is 1. The van der Waals surface area contributed by atoms with Crippen LogP contribution in [0.5, 0.6) is 0 Å². The van der Waals surface area contributed by atoms with E-state index in [2.05, 4.69) is 26.5 Å². The number of nitrogens with zero attached hydrogens (tertiary/aromatic N) is 3. The van der Waals surface area contributed by atoms with Crippen LogP contribution in [0, 0.1) is 9.52 Å². The van der Waals surface area contributed by atoms with Gasteiger partial charge in [-0.3, -0.25) is 0 Å². The van der Waals surface area contributed by atoms with Crippen LogP contribution >= 0.6 is 16.1 Å². The van der Waals surface area contributed by atoms with E-state index in [1.54, 1.807) is 12.1 Å². The van der Waals surface area contributed by atoms with E-state index in [0.29, 0.717) is 37.1 Å². The number of benzene rings is 2. The molecule has 2 aliphatic rings. The number of carbonyl (C=O) groups excluding carboxylic acids is 1. The Hall–Kier alpha value is -2.37. The molecule has 7 nitrogen and oxygen atoms in total. The summed E-state index contributed by atoms with van der Waals surface area (Å²) in [5.41, 5.74) is 2.80. The number of pyridine rings is 1. The van der Waals surface area contributed by atoms with E-state index in [1.165, 1.54) is 3.70 Å².